The predicted molar refractivity (Wildman–Crippen MR) is 79.6 cm³/mol. The largest absolute Gasteiger partial charge is 0.323 e. The fourth-order valence-electron chi connectivity index (χ4n) is 0.830. The quantitative estimate of drug-likeness (QED) is 0.427. The van der Waals surface area contributed by atoms with Crippen molar-refractivity contribution < 1.29 is 4.79 Å². The lowest BCUT2D eigenvalue weighted by Crippen LogP contribution is -2.25. The Morgan fingerprint density at radius 3 is 1.94 bits per heavy atom. The summed E-state index contributed by atoms with van der Waals surface area (Å²) in [7, 11) is 0. The highest BCUT2D eigenvalue weighted by Gasteiger charge is 2.28. The normalized spacial score (nSPS) is 11.4. The van der Waals surface area contributed by atoms with Crippen molar-refractivity contribution in [3.63, 3.8) is 0 Å². The maximum Gasteiger partial charge on any atom is 0.263 e. The fraction of sp³-hybridized carbons (Fsp3) is 0.125. The van der Waals surface area contributed by atoms with Gasteiger partial charge in [-0.2, -0.15) is 0 Å². The maximum absolute atomic E-state index is 11.6. The average molecular weight is 475 g/mol. The van der Waals surface area contributed by atoms with Gasteiger partial charge in [-0.1, -0.05) is 34.8 Å². The van der Waals surface area contributed by atoms with Crippen LogP contribution in [0.1, 0.15) is 0 Å². The van der Waals surface area contributed by atoms with E-state index in [1.54, 1.807) is 0 Å². The van der Waals surface area contributed by atoms with Crippen LogP contribution in [0.5, 0.6) is 0 Å². The van der Waals surface area contributed by atoms with Crippen molar-refractivity contribution in [2.45, 2.75) is 2.14 Å². The average Bonchev–Trinajstić information content (AvgIpc) is 2.12. The fourth-order valence-corrected chi connectivity index (χ4v) is 1.72. The highest BCUT2D eigenvalue weighted by molar-refractivity contribution is 9.40. The van der Waals surface area contributed by atoms with Gasteiger partial charge in [-0.3, -0.25) is 4.79 Å². The summed E-state index contributed by atoms with van der Waals surface area (Å²) in [6, 6.07) is 3.01. The molecule has 1 amide bonds. The molecule has 0 radical (unpaired) electrons. The van der Waals surface area contributed by atoms with Crippen molar-refractivity contribution in [3.8, 4) is 0 Å². The first kappa shape index (κ1) is 15.1. The van der Waals surface area contributed by atoms with Crippen LogP contribution in [0.4, 0.5) is 5.69 Å². The monoisotopic (exact) mass is 471 g/mol. The van der Waals surface area contributed by atoms with E-state index < -0.39 is 2.14 Å². The molecular formula is C8H3Br3Cl3NO. The molecule has 1 aromatic carbocycles. The molecule has 8 heteroatoms. The number of amides is 1. The van der Waals surface area contributed by atoms with Gasteiger partial charge in [0, 0.05) is 5.69 Å². The minimum Gasteiger partial charge on any atom is -0.323 e. The molecule has 0 aromatic heterocycles. The lowest BCUT2D eigenvalue weighted by molar-refractivity contribution is -0.114. The van der Waals surface area contributed by atoms with Crippen molar-refractivity contribution in [3.05, 3.63) is 27.2 Å². The zero-order valence-electron chi connectivity index (χ0n) is 7.33. The molecule has 0 aliphatic rings. The van der Waals surface area contributed by atoms with E-state index in [4.69, 9.17) is 34.8 Å². The second kappa shape index (κ2) is 5.76. The summed E-state index contributed by atoms with van der Waals surface area (Å²) in [5.41, 5.74) is 0.451. The summed E-state index contributed by atoms with van der Waals surface area (Å²) in [4.78, 5) is 11.6. The summed E-state index contributed by atoms with van der Waals surface area (Å²) in [5.74, 6) is -0.359. The number of nitrogens with one attached hydrogen (secondary N) is 1. The molecule has 1 N–H and O–H groups in total. The van der Waals surface area contributed by atoms with E-state index in [1.807, 2.05) is 0 Å². The lowest BCUT2D eigenvalue weighted by atomic mass is 10.3. The zero-order chi connectivity index (χ0) is 12.5. The number of carbonyl (C=O) groups excluding carboxylic acids is 1. The van der Waals surface area contributed by atoms with E-state index >= 15 is 0 Å². The molecule has 88 valence electrons. The molecule has 0 aliphatic carbocycles. The number of benzene rings is 1. The second-order valence-electron chi connectivity index (χ2n) is 2.71. The van der Waals surface area contributed by atoms with Gasteiger partial charge in [0.25, 0.3) is 5.91 Å². The number of rotatable bonds is 1. The second-order valence-corrected chi connectivity index (χ2v) is 10.7. The van der Waals surface area contributed by atoms with Crippen LogP contribution in [0.25, 0.3) is 0 Å². The van der Waals surface area contributed by atoms with Gasteiger partial charge in [0.15, 0.2) is 0 Å². The molecule has 0 fully saturated rings. The van der Waals surface area contributed by atoms with Crippen molar-refractivity contribution in [2.75, 3.05) is 5.32 Å². The van der Waals surface area contributed by atoms with Crippen LogP contribution in [0, 0.1) is 0 Å². The summed E-state index contributed by atoms with van der Waals surface area (Å²) < 4.78 is -1.04. The molecule has 16 heavy (non-hydrogen) atoms. The van der Waals surface area contributed by atoms with Crippen LogP contribution in [-0.2, 0) is 4.79 Å². The molecule has 0 unspecified atom stereocenters. The van der Waals surface area contributed by atoms with Crippen molar-refractivity contribution in [2.24, 2.45) is 0 Å². The maximum atomic E-state index is 11.6. The van der Waals surface area contributed by atoms with Crippen LogP contribution in [0.2, 0.25) is 15.1 Å². The minimum atomic E-state index is -1.04. The van der Waals surface area contributed by atoms with Gasteiger partial charge < -0.3 is 5.32 Å². The van der Waals surface area contributed by atoms with Crippen molar-refractivity contribution in [1.29, 1.82) is 0 Å². The first-order valence-corrected chi connectivity index (χ1v) is 7.26. The third kappa shape index (κ3) is 4.03. The first-order valence-electron chi connectivity index (χ1n) is 3.74. The molecule has 0 saturated heterocycles. The van der Waals surface area contributed by atoms with Crippen LogP contribution in [-0.4, -0.2) is 8.05 Å². The Hall–Kier alpha value is 1.000. The summed E-state index contributed by atoms with van der Waals surface area (Å²) in [5, 5.41) is 3.38. The van der Waals surface area contributed by atoms with E-state index in [-0.39, 0.29) is 21.0 Å². The highest BCUT2D eigenvalue weighted by Crippen LogP contribution is 2.37. The van der Waals surface area contributed by atoms with Crippen molar-refractivity contribution in [1.82, 2.24) is 0 Å². The summed E-state index contributed by atoms with van der Waals surface area (Å²) in [6.45, 7) is 0. The van der Waals surface area contributed by atoms with E-state index in [0.29, 0.717) is 5.69 Å². The number of anilines is 1. The Morgan fingerprint density at radius 2 is 1.56 bits per heavy atom. The summed E-state index contributed by atoms with van der Waals surface area (Å²) >= 11 is 26.6. The van der Waals surface area contributed by atoms with Gasteiger partial charge in [0.05, 0.1) is 15.1 Å². The van der Waals surface area contributed by atoms with E-state index in [2.05, 4.69) is 53.1 Å². The van der Waals surface area contributed by atoms with Gasteiger partial charge in [-0.15, -0.1) is 0 Å². The molecule has 0 atom stereocenters. The molecule has 0 saturated carbocycles. The number of alkyl halides is 3. The lowest BCUT2D eigenvalue weighted by Gasteiger charge is -2.13. The van der Waals surface area contributed by atoms with Crippen LogP contribution >= 0.6 is 82.6 Å². The van der Waals surface area contributed by atoms with Crippen molar-refractivity contribution >= 4 is 94.2 Å². The van der Waals surface area contributed by atoms with Gasteiger partial charge >= 0.3 is 0 Å². The molecule has 0 aliphatic heterocycles. The Kier molecular flexibility index (Phi) is 5.42. The molecule has 1 rings (SSSR count). The standard InChI is InChI=1S/C8H3Br3Cl3NO/c9-8(10,11)7(16)15-3-1-4(12)6(14)5(13)2-3/h1-2H,(H,15,16). The predicted octanol–water partition coefficient (Wildman–Crippen LogP) is 5.42. The topological polar surface area (TPSA) is 29.1 Å². The molecule has 0 spiro atoms. The van der Waals surface area contributed by atoms with Gasteiger partial charge in [-0.25, -0.2) is 0 Å². The number of carbonyl (C=O) groups is 1. The Bertz CT molecular complexity index is 410. The number of halogens is 6. The number of hydrogen-bond acceptors (Lipinski definition) is 1. The van der Waals surface area contributed by atoms with Crippen LogP contribution < -0.4 is 5.32 Å². The number of hydrogen-bond donors (Lipinski definition) is 1. The smallest absolute Gasteiger partial charge is 0.263 e. The van der Waals surface area contributed by atoms with E-state index in [1.165, 1.54) is 12.1 Å². The molecular weight excluding hydrogens is 472 g/mol. The van der Waals surface area contributed by atoms with E-state index in [9.17, 15) is 4.79 Å². The SMILES string of the molecule is O=C(Nc1cc(Cl)c(Cl)c(Cl)c1)C(Br)(Br)Br. The Morgan fingerprint density at radius 1 is 1.12 bits per heavy atom. The minimum absolute atomic E-state index is 0.254. The third-order valence-corrected chi connectivity index (χ3v) is 3.78. The van der Waals surface area contributed by atoms with Crippen LogP contribution in [0.3, 0.4) is 0 Å². The Balaban J connectivity index is 2.96. The molecule has 2 nitrogen and oxygen atoms in total. The van der Waals surface area contributed by atoms with Gasteiger partial charge in [-0.05, 0) is 59.9 Å². The molecule has 0 heterocycles. The molecule has 0 bridgehead atoms. The summed E-state index contributed by atoms with van der Waals surface area (Å²) in [6.07, 6.45) is 0. The van der Waals surface area contributed by atoms with E-state index in [0.717, 1.165) is 0 Å². The van der Waals surface area contributed by atoms with Crippen LogP contribution in [0.15, 0.2) is 12.1 Å². The molecule has 1 aromatic rings. The highest BCUT2D eigenvalue weighted by atomic mass is 80.0. The van der Waals surface area contributed by atoms with Gasteiger partial charge in [0.2, 0.25) is 2.14 Å². The Labute approximate surface area is 132 Å². The zero-order valence-corrected chi connectivity index (χ0v) is 14.4. The van der Waals surface area contributed by atoms with Gasteiger partial charge in [0.1, 0.15) is 0 Å². The first-order chi connectivity index (χ1) is 7.21. The third-order valence-electron chi connectivity index (χ3n) is 1.50.